The molecule has 3 heterocycles. The number of hydrogen-bond acceptors (Lipinski definition) is 3. The Morgan fingerprint density at radius 3 is 0.946 bits per heavy atom. The molecule has 37 heavy (non-hydrogen) atoms. The summed E-state index contributed by atoms with van der Waals surface area (Å²) >= 11 is 9.03. The first-order chi connectivity index (χ1) is 17.3. The zero-order valence-corrected chi connectivity index (χ0v) is 27.5. The molecule has 7 heteroatoms. The van der Waals surface area contributed by atoms with Crippen molar-refractivity contribution >= 4 is 94.1 Å². The minimum Gasteiger partial charge on any atom is 3.00 e. The van der Waals surface area contributed by atoms with Crippen molar-refractivity contribution in [2.24, 2.45) is 0 Å². The number of pyridine rings is 3. The first kappa shape index (κ1) is 29.6. The molecule has 3 aromatic heterocycles. The van der Waals surface area contributed by atoms with Crippen LogP contribution in [0.25, 0.3) is 32.7 Å². The van der Waals surface area contributed by atoms with Crippen molar-refractivity contribution in [2.45, 2.75) is 20.8 Å². The average molecular weight is 764 g/mol. The number of fused-ring (bicyclic) bond motifs is 3. The zero-order chi connectivity index (χ0) is 25.7. The van der Waals surface area contributed by atoms with Crippen molar-refractivity contribution in [1.82, 2.24) is 15.0 Å². The summed E-state index contributed by atoms with van der Waals surface area (Å²) in [6, 6.07) is 30.8. The van der Waals surface area contributed by atoms with E-state index in [1.165, 1.54) is 16.2 Å². The van der Waals surface area contributed by atoms with Gasteiger partial charge in [-0.05, 0) is 0 Å². The van der Waals surface area contributed by atoms with E-state index in [0.29, 0.717) is 0 Å². The molecule has 0 N–H and O–H groups in total. The molecule has 0 saturated carbocycles. The van der Waals surface area contributed by atoms with Gasteiger partial charge in [0.05, 0.1) is 0 Å². The van der Waals surface area contributed by atoms with Gasteiger partial charge >= 0.3 is 257 Å². The van der Waals surface area contributed by atoms with E-state index in [2.05, 4.69) is 99.4 Å². The van der Waals surface area contributed by atoms with E-state index < -0.39 is 0 Å². The molecule has 1 radical (unpaired) electrons. The molecule has 3 nitrogen and oxygen atoms in total. The summed E-state index contributed by atoms with van der Waals surface area (Å²) in [6.45, 7) is 6.02. The number of nitrogens with zero attached hydrogens (tertiary/aromatic N) is 3. The van der Waals surface area contributed by atoms with Gasteiger partial charge in [-0.25, -0.2) is 0 Å². The van der Waals surface area contributed by atoms with Gasteiger partial charge in [-0.1, -0.05) is 0 Å². The van der Waals surface area contributed by atoms with E-state index in [1.807, 2.05) is 75.4 Å². The van der Waals surface area contributed by atoms with Crippen LogP contribution in [0.5, 0.6) is 0 Å². The molecule has 0 amide bonds. The molecule has 6 aromatic rings. The average Bonchev–Trinajstić information content (AvgIpc) is 2.87. The third kappa shape index (κ3) is 7.79. The molecule has 0 bridgehead atoms. The van der Waals surface area contributed by atoms with Crippen molar-refractivity contribution < 1.29 is 19.5 Å². The Hall–Kier alpha value is -1.93. The van der Waals surface area contributed by atoms with Crippen LogP contribution >= 0.6 is 0 Å². The first-order valence-electron chi connectivity index (χ1n) is 11.4. The van der Waals surface area contributed by atoms with Crippen molar-refractivity contribution in [1.29, 1.82) is 0 Å². The van der Waals surface area contributed by atoms with Crippen LogP contribution in [0.3, 0.4) is 0 Å². The van der Waals surface area contributed by atoms with Gasteiger partial charge in [0.2, 0.25) is 0 Å². The third-order valence-electron chi connectivity index (χ3n) is 5.47. The van der Waals surface area contributed by atoms with Gasteiger partial charge < -0.3 is 0 Å². The fourth-order valence-electron chi connectivity index (χ4n) is 3.65. The van der Waals surface area contributed by atoms with Crippen LogP contribution in [0.15, 0.2) is 91.0 Å². The van der Waals surface area contributed by atoms with Crippen LogP contribution in [0, 0.1) is 20.8 Å². The standard InChI is InChI=1S/3C10H9NSe.Ru/c3*1-7-5-6-8-3-2-4-9(12)10(8)11-7;/h3*2-6,12H,1H3;/q;;;+3/p-3. The van der Waals surface area contributed by atoms with Crippen LogP contribution in [0.2, 0.25) is 0 Å². The summed E-state index contributed by atoms with van der Waals surface area (Å²) in [5, 5.41) is 3.57. The topological polar surface area (TPSA) is 38.7 Å². The molecule has 0 saturated heterocycles. The van der Waals surface area contributed by atoms with E-state index in [1.54, 1.807) is 0 Å². The van der Waals surface area contributed by atoms with E-state index in [0.717, 1.165) is 47.0 Å². The van der Waals surface area contributed by atoms with Crippen LogP contribution in [-0.4, -0.2) is 63.0 Å². The van der Waals surface area contributed by atoms with Gasteiger partial charge in [0.15, 0.2) is 0 Å². The van der Waals surface area contributed by atoms with Gasteiger partial charge in [0.25, 0.3) is 0 Å². The minimum absolute atomic E-state index is 0. The molecule has 6 rings (SSSR count). The third-order valence-corrected chi connectivity index (χ3v) is 7.54. The zero-order valence-electron chi connectivity index (χ0n) is 20.6. The van der Waals surface area contributed by atoms with Crippen LogP contribution in [-0.2, 0) is 19.5 Å². The monoisotopic (exact) mass is 768 g/mol. The van der Waals surface area contributed by atoms with Gasteiger partial charge in [-0.3, -0.25) is 0 Å². The molecule has 0 unspecified atom stereocenters. The van der Waals surface area contributed by atoms with E-state index >= 15 is 0 Å². The number of para-hydroxylation sites is 3. The maximum absolute atomic E-state index is 4.44. The first-order valence-corrected chi connectivity index (χ1v) is 14.0. The van der Waals surface area contributed by atoms with Crippen molar-refractivity contribution in [3.8, 4) is 0 Å². The summed E-state index contributed by atoms with van der Waals surface area (Å²) < 4.78 is 3.36. The summed E-state index contributed by atoms with van der Waals surface area (Å²) in [7, 11) is 0. The normalized spacial score (nSPS) is 10.1. The fourth-order valence-corrected chi connectivity index (χ4v) is 5.18. The summed E-state index contributed by atoms with van der Waals surface area (Å²) in [6.07, 6.45) is 0. The molecule has 0 aliphatic rings. The summed E-state index contributed by atoms with van der Waals surface area (Å²) in [4.78, 5) is 13.3. The second kappa shape index (κ2) is 13.7. The number of hydrogen-bond donors (Lipinski definition) is 0. The second-order valence-electron chi connectivity index (χ2n) is 8.34. The molecule has 0 fully saturated rings. The molecule has 0 spiro atoms. The largest absolute Gasteiger partial charge is 3.00 e. The Kier molecular flexibility index (Phi) is 11.0. The maximum Gasteiger partial charge on any atom is 3.00 e. The molecular formula is C30H24N3RuSe3. The summed E-state index contributed by atoms with van der Waals surface area (Å²) in [5.41, 5.74) is 6.38. The Bertz CT molecular complexity index is 1470. The number of aryl methyl sites for hydroxylation is 3. The quantitative estimate of drug-likeness (QED) is 0.220. The molecule has 185 valence electrons. The van der Waals surface area contributed by atoms with Crippen molar-refractivity contribution in [2.75, 3.05) is 0 Å². The Balaban J connectivity index is 0.000000152. The van der Waals surface area contributed by atoms with Crippen LogP contribution in [0.4, 0.5) is 0 Å². The van der Waals surface area contributed by atoms with Crippen molar-refractivity contribution in [3.63, 3.8) is 0 Å². The number of rotatable bonds is 0. The van der Waals surface area contributed by atoms with E-state index in [-0.39, 0.29) is 19.5 Å². The van der Waals surface area contributed by atoms with E-state index in [4.69, 9.17) is 0 Å². The molecule has 3 aromatic carbocycles. The predicted molar refractivity (Wildman–Crippen MR) is 156 cm³/mol. The maximum atomic E-state index is 4.44. The van der Waals surface area contributed by atoms with Gasteiger partial charge in [0.1, 0.15) is 0 Å². The molecular weight excluding hydrogens is 740 g/mol. The number of benzene rings is 3. The Morgan fingerprint density at radius 2 is 0.676 bits per heavy atom. The molecule has 0 aliphatic heterocycles. The fraction of sp³-hybridized carbons (Fsp3) is 0.100. The Labute approximate surface area is 255 Å². The Morgan fingerprint density at radius 1 is 0.405 bits per heavy atom. The van der Waals surface area contributed by atoms with Crippen molar-refractivity contribution in [3.05, 3.63) is 108 Å². The summed E-state index contributed by atoms with van der Waals surface area (Å²) in [5.74, 6) is 0. The van der Waals surface area contributed by atoms with Gasteiger partial charge in [-0.2, -0.15) is 0 Å². The van der Waals surface area contributed by atoms with E-state index in [9.17, 15) is 0 Å². The smallest absolute Gasteiger partial charge is 3.00 e. The number of aromatic nitrogens is 3. The molecule has 0 atom stereocenters. The van der Waals surface area contributed by atoms with Crippen LogP contribution in [0.1, 0.15) is 17.1 Å². The molecule has 0 aliphatic carbocycles. The second-order valence-corrected chi connectivity index (χ2v) is 11.1. The van der Waals surface area contributed by atoms with Gasteiger partial charge in [0, 0.05) is 0 Å². The van der Waals surface area contributed by atoms with Crippen LogP contribution < -0.4 is 13.4 Å². The SMILES string of the molecule is Cc1ccc2cccc([Se-])c2n1.Cc1ccc2cccc([Se-])c2n1.Cc1ccc2cccc([Se-])c2n1.[Ru+3]. The van der Waals surface area contributed by atoms with Gasteiger partial charge in [-0.15, -0.1) is 0 Å². The minimum atomic E-state index is 0. The predicted octanol–water partition coefficient (Wildman–Crippen LogP) is 4.01.